The van der Waals surface area contributed by atoms with Gasteiger partial charge in [-0.1, -0.05) is 101 Å². The summed E-state index contributed by atoms with van der Waals surface area (Å²) in [5.41, 5.74) is 4.97. The summed E-state index contributed by atoms with van der Waals surface area (Å²) in [6, 6.07) is 41.8. The number of fused-ring (bicyclic) bond motifs is 4. The Labute approximate surface area is 189 Å². The summed E-state index contributed by atoms with van der Waals surface area (Å²) in [5, 5.41) is 7.65. The lowest BCUT2D eigenvalue weighted by molar-refractivity contribution is 1.61. The molecule has 0 saturated carbocycles. The molecule has 0 heterocycles. The molecule has 0 spiro atoms. The van der Waals surface area contributed by atoms with E-state index in [2.05, 4.69) is 131 Å². The Kier molecular flexibility index (Phi) is 4.36. The van der Waals surface area contributed by atoms with Crippen LogP contribution in [0.4, 0.5) is 0 Å². The van der Waals surface area contributed by atoms with Gasteiger partial charge in [0.2, 0.25) is 0 Å². The van der Waals surface area contributed by atoms with Gasteiger partial charge in [-0.15, -0.1) is 0 Å². The number of hydrogen-bond acceptors (Lipinski definition) is 0. The van der Waals surface area contributed by atoms with Crippen molar-refractivity contribution in [2.45, 2.75) is 0 Å². The molecule has 0 aliphatic carbocycles. The Morgan fingerprint density at radius 2 is 0.903 bits per heavy atom. The van der Waals surface area contributed by atoms with Crippen molar-refractivity contribution in [1.29, 1.82) is 0 Å². The number of benzene rings is 6. The van der Waals surface area contributed by atoms with Gasteiger partial charge >= 0.3 is 0 Å². The molecule has 31 heavy (non-hydrogen) atoms. The third-order valence-corrected chi connectivity index (χ3v) is 6.57. The SMILES string of the molecule is Brc1ccc2c(ccc3cc(-c4cccc(-c5ccc6ccccc6c5)c4)ccc32)c1. The molecule has 6 aromatic carbocycles. The van der Waals surface area contributed by atoms with Gasteiger partial charge in [-0.2, -0.15) is 0 Å². The maximum Gasteiger partial charge on any atom is 0.0181 e. The van der Waals surface area contributed by atoms with Crippen LogP contribution in [0, 0.1) is 0 Å². The highest BCUT2D eigenvalue weighted by Crippen LogP contribution is 2.33. The molecule has 0 amide bonds. The van der Waals surface area contributed by atoms with Crippen molar-refractivity contribution in [2.24, 2.45) is 0 Å². The molecule has 0 N–H and O–H groups in total. The van der Waals surface area contributed by atoms with E-state index in [4.69, 9.17) is 0 Å². The minimum absolute atomic E-state index is 1.11. The van der Waals surface area contributed by atoms with E-state index in [1.165, 1.54) is 54.6 Å². The normalized spacial score (nSPS) is 11.4. The van der Waals surface area contributed by atoms with E-state index in [9.17, 15) is 0 Å². The lowest BCUT2D eigenvalue weighted by Crippen LogP contribution is -1.84. The van der Waals surface area contributed by atoms with Crippen molar-refractivity contribution >= 4 is 48.2 Å². The van der Waals surface area contributed by atoms with E-state index in [1.54, 1.807) is 0 Å². The molecule has 0 unspecified atom stereocenters. The zero-order valence-corrected chi connectivity index (χ0v) is 18.4. The van der Waals surface area contributed by atoms with Gasteiger partial charge in [0.1, 0.15) is 0 Å². The fraction of sp³-hybridized carbons (Fsp3) is 0. The highest BCUT2D eigenvalue weighted by atomic mass is 79.9. The number of halogens is 1. The predicted molar refractivity (Wildman–Crippen MR) is 138 cm³/mol. The minimum atomic E-state index is 1.11. The number of rotatable bonds is 2. The summed E-state index contributed by atoms with van der Waals surface area (Å²) in [5.74, 6) is 0. The highest BCUT2D eigenvalue weighted by molar-refractivity contribution is 9.10. The molecular weight excluding hydrogens is 440 g/mol. The third kappa shape index (κ3) is 3.32. The first-order chi connectivity index (χ1) is 15.2. The van der Waals surface area contributed by atoms with Gasteiger partial charge < -0.3 is 0 Å². The molecule has 0 fully saturated rings. The Hall–Kier alpha value is -3.42. The molecular formula is C30H19Br. The second-order valence-corrected chi connectivity index (χ2v) is 8.93. The monoisotopic (exact) mass is 458 g/mol. The van der Waals surface area contributed by atoms with E-state index >= 15 is 0 Å². The lowest BCUT2D eigenvalue weighted by Gasteiger charge is -2.10. The molecule has 1 heteroatoms. The zero-order valence-electron chi connectivity index (χ0n) is 16.8. The van der Waals surface area contributed by atoms with Crippen molar-refractivity contribution < 1.29 is 0 Å². The highest BCUT2D eigenvalue weighted by Gasteiger charge is 2.06. The average Bonchev–Trinajstić information content (AvgIpc) is 2.83. The smallest absolute Gasteiger partial charge is 0.0181 e. The first kappa shape index (κ1) is 18.4. The van der Waals surface area contributed by atoms with E-state index in [0.717, 1.165) is 4.47 Å². The average molecular weight is 459 g/mol. The molecule has 146 valence electrons. The molecule has 0 bridgehead atoms. The summed E-state index contributed by atoms with van der Waals surface area (Å²) in [6.45, 7) is 0. The van der Waals surface area contributed by atoms with Crippen LogP contribution in [-0.2, 0) is 0 Å². The van der Waals surface area contributed by atoms with E-state index < -0.39 is 0 Å². The lowest BCUT2D eigenvalue weighted by atomic mass is 9.95. The van der Waals surface area contributed by atoms with E-state index in [-0.39, 0.29) is 0 Å². The molecule has 0 aliphatic heterocycles. The zero-order chi connectivity index (χ0) is 20.8. The summed E-state index contributed by atoms with van der Waals surface area (Å²) in [7, 11) is 0. The quantitative estimate of drug-likeness (QED) is 0.226. The summed E-state index contributed by atoms with van der Waals surface area (Å²) >= 11 is 3.58. The van der Waals surface area contributed by atoms with Gasteiger partial charge in [0.05, 0.1) is 0 Å². The Morgan fingerprint density at radius 3 is 1.68 bits per heavy atom. The van der Waals surface area contributed by atoms with Crippen LogP contribution in [0.2, 0.25) is 0 Å². The van der Waals surface area contributed by atoms with Crippen molar-refractivity contribution in [3.8, 4) is 22.3 Å². The van der Waals surface area contributed by atoms with Gasteiger partial charge in [-0.3, -0.25) is 0 Å². The van der Waals surface area contributed by atoms with Gasteiger partial charge in [0.25, 0.3) is 0 Å². The van der Waals surface area contributed by atoms with Crippen LogP contribution >= 0.6 is 15.9 Å². The standard InChI is InChI=1S/C30H19Br/c31-28-13-15-30-27(19-28)11-10-26-18-25(12-14-29(26)30)23-7-3-6-22(17-23)24-9-8-20-4-1-2-5-21(20)16-24/h1-19H. The molecule has 6 aromatic rings. The molecule has 0 nitrogen and oxygen atoms in total. The Bertz CT molecular complexity index is 1590. The fourth-order valence-electron chi connectivity index (χ4n) is 4.47. The van der Waals surface area contributed by atoms with Crippen molar-refractivity contribution in [2.75, 3.05) is 0 Å². The summed E-state index contributed by atoms with van der Waals surface area (Å²) < 4.78 is 1.11. The van der Waals surface area contributed by atoms with E-state index in [0.29, 0.717) is 0 Å². The minimum Gasteiger partial charge on any atom is -0.0616 e. The van der Waals surface area contributed by atoms with Gasteiger partial charge in [-0.05, 0) is 84.9 Å². The number of hydrogen-bond donors (Lipinski definition) is 0. The molecule has 0 aromatic heterocycles. The van der Waals surface area contributed by atoms with Crippen LogP contribution in [0.5, 0.6) is 0 Å². The van der Waals surface area contributed by atoms with Crippen molar-refractivity contribution in [3.63, 3.8) is 0 Å². The maximum absolute atomic E-state index is 3.58. The topological polar surface area (TPSA) is 0 Å². The summed E-state index contributed by atoms with van der Waals surface area (Å²) in [6.07, 6.45) is 0. The van der Waals surface area contributed by atoms with Crippen molar-refractivity contribution in [1.82, 2.24) is 0 Å². The summed E-state index contributed by atoms with van der Waals surface area (Å²) in [4.78, 5) is 0. The van der Waals surface area contributed by atoms with Crippen LogP contribution in [0.15, 0.2) is 120 Å². The third-order valence-electron chi connectivity index (χ3n) is 6.08. The van der Waals surface area contributed by atoms with E-state index in [1.807, 2.05) is 0 Å². The predicted octanol–water partition coefficient (Wildman–Crippen LogP) is 9.24. The molecule has 0 radical (unpaired) electrons. The van der Waals surface area contributed by atoms with Crippen LogP contribution in [0.25, 0.3) is 54.6 Å². The Morgan fingerprint density at radius 1 is 0.355 bits per heavy atom. The molecule has 0 saturated heterocycles. The first-order valence-corrected chi connectivity index (χ1v) is 11.3. The fourth-order valence-corrected chi connectivity index (χ4v) is 4.85. The maximum atomic E-state index is 3.58. The van der Waals surface area contributed by atoms with Gasteiger partial charge in [-0.25, -0.2) is 0 Å². The second kappa shape index (κ2) is 7.37. The van der Waals surface area contributed by atoms with Gasteiger partial charge in [0, 0.05) is 4.47 Å². The van der Waals surface area contributed by atoms with Crippen LogP contribution in [-0.4, -0.2) is 0 Å². The van der Waals surface area contributed by atoms with Crippen molar-refractivity contribution in [3.05, 3.63) is 120 Å². The first-order valence-electron chi connectivity index (χ1n) is 10.5. The molecule has 6 rings (SSSR count). The largest absolute Gasteiger partial charge is 0.0616 e. The molecule has 0 atom stereocenters. The van der Waals surface area contributed by atoms with Gasteiger partial charge in [0.15, 0.2) is 0 Å². The molecule has 0 aliphatic rings. The van der Waals surface area contributed by atoms with Crippen LogP contribution < -0.4 is 0 Å². The van der Waals surface area contributed by atoms with Crippen LogP contribution in [0.3, 0.4) is 0 Å². The van der Waals surface area contributed by atoms with Crippen LogP contribution in [0.1, 0.15) is 0 Å². The second-order valence-electron chi connectivity index (χ2n) is 8.01. The Balaban J connectivity index is 1.45.